The smallest absolute Gasteiger partial charge is 0.269 e. The molecular weight excluding hydrogens is 268 g/mol. The third-order valence-corrected chi connectivity index (χ3v) is 3.80. The normalized spacial score (nSPS) is 15.5. The number of non-ortho nitro benzene ring substituents is 1. The number of rotatable bonds is 2. The first-order chi connectivity index (χ1) is 10.1. The maximum atomic E-state index is 10.9. The van der Waals surface area contributed by atoms with Gasteiger partial charge in [0.25, 0.3) is 5.69 Å². The Hall–Kier alpha value is -2.87. The van der Waals surface area contributed by atoms with Gasteiger partial charge in [-0.3, -0.25) is 10.1 Å². The highest BCUT2D eigenvalue weighted by atomic mass is 16.6. The van der Waals surface area contributed by atoms with Gasteiger partial charge in [0.1, 0.15) is 5.75 Å². The molecule has 0 N–H and O–H groups in total. The van der Waals surface area contributed by atoms with E-state index in [1.165, 1.54) is 6.07 Å². The summed E-state index contributed by atoms with van der Waals surface area (Å²) in [5.41, 5.74) is 3.71. The fourth-order valence-corrected chi connectivity index (χ4v) is 2.77. The zero-order valence-electron chi connectivity index (χ0n) is 11.4. The van der Waals surface area contributed by atoms with Crippen molar-refractivity contribution in [1.82, 2.24) is 0 Å². The number of nitriles is 1. The first-order valence-electron chi connectivity index (χ1n) is 6.49. The molecule has 0 fully saturated rings. The topological polar surface area (TPSA) is 76.2 Å². The fraction of sp³-hybridized carbons (Fsp3) is 0.188. The number of nitro benzene ring substituents is 1. The van der Waals surface area contributed by atoms with Gasteiger partial charge in [0.2, 0.25) is 0 Å². The van der Waals surface area contributed by atoms with Crippen LogP contribution in [0.5, 0.6) is 5.75 Å². The molecule has 0 amide bonds. The number of methoxy groups -OCH3 is 1. The Morgan fingerprint density at radius 3 is 2.71 bits per heavy atom. The average molecular weight is 280 g/mol. The van der Waals surface area contributed by atoms with Gasteiger partial charge in [0.05, 0.1) is 24.0 Å². The molecule has 0 unspecified atom stereocenters. The predicted molar refractivity (Wildman–Crippen MR) is 77.1 cm³/mol. The fourth-order valence-electron chi connectivity index (χ4n) is 2.77. The third kappa shape index (κ3) is 2.11. The van der Waals surface area contributed by atoms with Crippen LogP contribution in [0.1, 0.15) is 17.0 Å². The lowest BCUT2D eigenvalue weighted by Gasteiger charge is -2.24. The van der Waals surface area contributed by atoms with Crippen LogP contribution in [0.15, 0.2) is 36.4 Å². The zero-order valence-corrected chi connectivity index (χ0v) is 11.4. The molecule has 1 atom stereocenters. The summed E-state index contributed by atoms with van der Waals surface area (Å²) in [6.45, 7) is 0. The van der Waals surface area contributed by atoms with E-state index >= 15 is 0 Å². The Kier molecular flexibility index (Phi) is 3.07. The molecule has 2 aromatic carbocycles. The second-order valence-electron chi connectivity index (χ2n) is 4.94. The Balaban J connectivity index is 2.20. The van der Waals surface area contributed by atoms with Crippen molar-refractivity contribution >= 4 is 5.69 Å². The predicted octanol–water partition coefficient (Wildman–Crippen LogP) is 3.43. The summed E-state index contributed by atoms with van der Waals surface area (Å²) in [6, 6.07) is 12.7. The van der Waals surface area contributed by atoms with Crippen molar-refractivity contribution in [1.29, 1.82) is 5.26 Å². The van der Waals surface area contributed by atoms with Gasteiger partial charge in [0.15, 0.2) is 0 Å². The van der Waals surface area contributed by atoms with E-state index in [0.29, 0.717) is 12.2 Å². The SMILES string of the molecule is COc1ccc2c(c1)[C@@H](C#N)Cc1cc([N+](=O)[O-])ccc1-2. The molecule has 0 radical (unpaired) electrons. The molecule has 3 rings (SSSR count). The summed E-state index contributed by atoms with van der Waals surface area (Å²) in [5.74, 6) is 0.393. The van der Waals surface area contributed by atoms with Gasteiger partial charge < -0.3 is 4.74 Å². The molecule has 0 bridgehead atoms. The van der Waals surface area contributed by atoms with Gasteiger partial charge in [0, 0.05) is 12.1 Å². The van der Waals surface area contributed by atoms with Gasteiger partial charge in [-0.2, -0.15) is 5.26 Å². The number of hydrogen-bond donors (Lipinski definition) is 0. The second-order valence-corrected chi connectivity index (χ2v) is 4.94. The zero-order chi connectivity index (χ0) is 15.0. The van der Waals surface area contributed by atoms with Crippen molar-refractivity contribution in [3.63, 3.8) is 0 Å². The van der Waals surface area contributed by atoms with E-state index in [2.05, 4.69) is 6.07 Å². The first-order valence-corrected chi connectivity index (χ1v) is 6.49. The van der Waals surface area contributed by atoms with Crippen LogP contribution < -0.4 is 4.74 Å². The molecule has 5 nitrogen and oxygen atoms in total. The Morgan fingerprint density at radius 2 is 2.05 bits per heavy atom. The minimum Gasteiger partial charge on any atom is -0.497 e. The Bertz CT molecular complexity index is 778. The molecule has 21 heavy (non-hydrogen) atoms. The Morgan fingerprint density at radius 1 is 1.29 bits per heavy atom. The van der Waals surface area contributed by atoms with Crippen LogP contribution in [-0.2, 0) is 6.42 Å². The van der Waals surface area contributed by atoms with E-state index in [4.69, 9.17) is 4.74 Å². The van der Waals surface area contributed by atoms with Crippen LogP contribution in [-0.4, -0.2) is 12.0 Å². The summed E-state index contributed by atoms with van der Waals surface area (Å²) < 4.78 is 5.21. The first kappa shape index (κ1) is 13.1. The van der Waals surface area contributed by atoms with Crippen molar-refractivity contribution in [3.8, 4) is 22.9 Å². The Labute approximate surface area is 121 Å². The maximum Gasteiger partial charge on any atom is 0.269 e. The molecule has 104 valence electrons. The molecular formula is C16H12N2O3. The maximum absolute atomic E-state index is 10.9. The molecule has 1 aliphatic carbocycles. The van der Waals surface area contributed by atoms with E-state index in [1.54, 1.807) is 19.2 Å². The number of benzene rings is 2. The number of nitro groups is 1. The second kappa shape index (κ2) is 4.91. The molecule has 0 aromatic heterocycles. The minimum atomic E-state index is -0.412. The molecule has 5 heteroatoms. The van der Waals surface area contributed by atoms with Crippen LogP contribution in [0.25, 0.3) is 11.1 Å². The lowest BCUT2D eigenvalue weighted by molar-refractivity contribution is -0.384. The highest BCUT2D eigenvalue weighted by molar-refractivity contribution is 5.76. The van der Waals surface area contributed by atoms with Gasteiger partial charge in [-0.25, -0.2) is 0 Å². The van der Waals surface area contributed by atoms with Crippen molar-refractivity contribution in [3.05, 3.63) is 57.6 Å². The van der Waals surface area contributed by atoms with Crippen molar-refractivity contribution in [2.45, 2.75) is 12.3 Å². The van der Waals surface area contributed by atoms with E-state index in [0.717, 1.165) is 22.3 Å². The van der Waals surface area contributed by atoms with Crippen LogP contribution in [0.4, 0.5) is 5.69 Å². The molecule has 0 spiro atoms. The summed E-state index contributed by atoms with van der Waals surface area (Å²) in [6.07, 6.45) is 0.480. The summed E-state index contributed by atoms with van der Waals surface area (Å²) in [4.78, 5) is 10.5. The molecule has 0 heterocycles. The van der Waals surface area contributed by atoms with Crippen LogP contribution in [0.2, 0.25) is 0 Å². The van der Waals surface area contributed by atoms with Crippen LogP contribution >= 0.6 is 0 Å². The number of fused-ring (bicyclic) bond motifs is 3. The monoisotopic (exact) mass is 280 g/mol. The van der Waals surface area contributed by atoms with E-state index in [-0.39, 0.29) is 11.6 Å². The van der Waals surface area contributed by atoms with Gasteiger partial charge in [-0.15, -0.1) is 0 Å². The minimum absolute atomic E-state index is 0.0578. The van der Waals surface area contributed by atoms with Crippen molar-refractivity contribution in [2.24, 2.45) is 0 Å². The third-order valence-electron chi connectivity index (χ3n) is 3.80. The molecule has 2 aromatic rings. The summed E-state index contributed by atoms with van der Waals surface area (Å²) in [7, 11) is 1.59. The van der Waals surface area contributed by atoms with E-state index in [9.17, 15) is 15.4 Å². The van der Waals surface area contributed by atoms with Crippen LogP contribution in [0.3, 0.4) is 0 Å². The number of ether oxygens (including phenoxy) is 1. The lowest BCUT2D eigenvalue weighted by Crippen LogP contribution is -2.10. The largest absolute Gasteiger partial charge is 0.497 e. The highest BCUT2D eigenvalue weighted by Crippen LogP contribution is 2.42. The average Bonchev–Trinajstić information content (AvgIpc) is 2.52. The molecule has 1 aliphatic rings. The quantitative estimate of drug-likeness (QED) is 0.623. The number of nitrogens with zero attached hydrogens (tertiary/aromatic N) is 2. The van der Waals surface area contributed by atoms with Crippen molar-refractivity contribution < 1.29 is 9.66 Å². The standard InChI is InChI=1S/C16H12N2O3/c1-21-13-3-5-15-14-4-2-12(18(19)20)7-10(14)6-11(9-17)16(15)8-13/h2-5,7-8,11H,6H2,1H3/t11-/m1/s1. The highest BCUT2D eigenvalue weighted by Gasteiger charge is 2.26. The molecule has 0 saturated heterocycles. The van der Waals surface area contributed by atoms with Crippen molar-refractivity contribution in [2.75, 3.05) is 7.11 Å². The molecule has 0 saturated carbocycles. The van der Waals surface area contributed by atoms with E-state index in [1.807, 2.05) is 18.2 Å². The van der Waals surface area contributed by atoms with Gasteiger partial charge in [-0.05, 0) is 46.9 Å². The summed E-state index contributed by atoms with van der Waals surface area (Å²) in [5, 5.41) is 20.3. The van der Waals surface area contributed by atoms with E-state index < -0.39 is 4.92 Å². The van der Waals surface area contributed by atoms with Gasteiger partial charge >= 0.3 is 0 Å². The molecule has 0 aliphatic heterocycles. The number of hydrogen-bond acceptors (Lipinski definition) is 4. The lowest BCUT2D eigenvalue weighted by atomic mass is 9.79. The van der Waals surface area contributed by atoms with Crippen LogP contribution in [0, 0.1) is 21.4 Å². The summed E-state index contributed by atoms with van der Waals surface area (Å²) >= 11 is 0. The van der Waals surface area contributed by atoms with Gasteiger partial charge in [-0.1, -0.05) is 6.07 Å².